The monoisotopic (exact) mass is 365 g/mol. The van der Waals surface area contributed by atoms with Gasteiger partial charge >= 0.3 is 0 Å². The Bertz CT molecular complexity index is 979. The van der Waals surface area contributed by atoms with Gasteiger partial charge in [0.05, 0.1) is 10.6 Å². The van der Waals surface area contributed by atoms with E-state index in [0.717, 1.165) is 30.2 Å². The van der Waals surface area contributed by atoms with Crippen LogP contribution in [0.15, 0.2) is 48.5 Å². The first-order valence-electron chi connectivity index (χ1n) is 8.48. The highest BCUT2D eigenvalue weighted by Crippen LogP contribution is 2.24. The molecule has 0 spiro atoms. The maximum absolute atomic E-state index is 12.3. The summed E-state index contributed by atoms with van der Waals surface area (Å²) >= 11 is 0. The van der Waals surface area contributed by atoms with Crippen molar-refractivity contribution in [1.29, 1.82) is 0 Å². The number of nitrogens with zero attached hydrogens (tertiary/aromatic N) is 2. The molecular formula is C19H19N5O3. The number of aromatic nitrogens is 2. The number of carbonyl (C=O) groups is 1. The van der Waals surface area contributed by atoms with E-state index in [9.17, 15) is 14.9 Å². The number of hydrogen-bond acceptors (Lipinski definition) is 5. The second-order valence-electron chi connectivity index (χ2n) is 6.10. The lowest BCUT2D eigenvalue weighted by molar-refractivity contribution is -0.383. The average Bonchev–Trinajstić information content (AvgIpc) is 3.11. The summed E-state index contributed by atoms with van der Waals surface area (Å²) in [5, 5.41) is 20.5. The molecule has 0 aliphatic carbocycles. The fourth-order valence-electron chi connectivity index (χ4n) is 2.70. The lowest BCUT2D eigenvalue weighted by Crippen LogP contribution is -2.12. The number of rotatable bonds is 6. The molecule has 4 N–H and O–H groups in total. The highest BCUT2D eigenvalue weighted by atomic mass is 16.6. The Hall–Kier alpha value is -3.68. The predicted molar refractivity (Wildman–Crippen MR) is 103 cm³/mol. The molecule has 27 heavy (non-hydrogen) atoms. The Morgan fingerprint density at radius 2 is 1.96 bits per heavy atom. The first-order valence-corrected chi connectivity index (χ1v) is 8.48. The van der Waals surface area contributed by atoms with Gasteiger partial charge in [0.1, 0.15) is 5.69 Å². The second kappa shape index (κ2) is 7.69. The minimum absolute atomic E-state index is 0.00475. The number of nitro benzene ring substituents is 1. The van der Waals surface area contributed by atoms with Crippen LogP contribution in [-0.2, 0) is 6.42 Å². The molecule has 1 heterocycles. The SMILES string of the molecule is CCCc1ccc(-c2cc(NC(=O)c3ccc(N)c([N+](=O)[O-])c3)n[nH]2)cc1. The van der Waals surface area contributed by atoms with Gasteiger partial charge in [-0.25, -0.2) is 0 Å². The summed E-state index contributed by atoms with van der Waals surface area (Å²) in [6.07, 6.45) is 2.11. The maximum Gasteiger partial charge on any atom is 0.292 e. The fraction of sp³-hybridized carbons (Fsp3) is 0.158. The number of H-pyrrole nitrogens is 1. The van der Waals surface area contributed by atoms with Gasteiger partial charge in [-0.3, -0.25) is 20.0 Å². The smallest absolute Gasteiger partial charge is 0.292 e. The van der Waals surface area contributed by atoms with E-state index >= 15 is 0 Å². The molecular weight excluding hydrogens is 346 g/mol. The molecule has 0 aliphatic heterocycles. The number of anilines is 2. The van der Waals surface area contributed by atoms with Crippen LogP contribution in [-0.4, -0.2) is 21.0 Å². The molecule has 3 rings (SSSR count). The van der Waals surface area contributed by atoms with E-state index in [1.165, 1.54) is 17.7 Å². The number of aryl methyl sites for hydroxylation is 1. The first-order chi connectivity index (χ1) is 13.0. The molecule has 0 radical (unpaired) electrons. The molecule has 8 heteroatoms. The van der Waals surface area contributed by atoms with E-state index in [1.54, 1.807) is 6.07 Å². The maximum atomic E-state index is 12.3. The van der Waals surface area contributed by atoms with Gasteiger partial charge in [-0.15, -0.1) is 0 Å². The van der Waals surface area contributed by atoms with Gasteiger partial charge in [0.2, 0.25) is 0 Å². The van der Waals surface area contributed by atoms with Crippen molar-refractivity contribution in [2.45, 2.75) is 19.8 Å². The van der Waals surface area contributed by atoms with Crippen molar-refractivity contribution in [2.75, 3.05) is 11.1 Å². The number of nitrogen functional groups attached to an aromatic ring is 1. The number of amides is 1. The topological polar surface area (TPSA) is 127 Å². The van der Waals surface area contributed by atoms with Crippen molar-refractivity contribution in [3.8, 4) is 11.3 Å². The van der Waals surface area contributed by atoms with Crippen molar-refractivity contribution in [3.05, 3.63) is 69.8 Å². The second-order valence-corrected chi connectivity index (χ2v) is 6.10. The Labute approximate surface area is 155 Å². The van der Waals surface area contributed by atoms with Gasteiger partial charge < -0.3 is 11.1 Å². The van der Waals surface area contributed by atoms with E-state index in [1.807, 2.05) is 12.1 Å². The van der Waals surface area contributed by atoms with Gasteiger partial charge in [0.25, 0.3) is 11.6 Å². The van der Waals surface area contributed by atoms with E-state index in [-0.39, 0.29) is 16.9 Å². The Balaban J connectivity index is 1.74. The summed E-state index contributed by atoms with van der Waals surface area (Å²) in [4.78, 5) is 22.7. The molecule has 3 aromatic rings. The van der Waals surface area contributed by atoms with Gasteiger partial charge in [-0.2, -0.15) is 5.10 Å². The normalized spacial score (nSPS) is 10.6. The molecule has 0 fully saturated rings. The number of nitrogens with one attached hydrogen (secondary N) is 2. The number of hydrogen-bond donors (Lipinski definition) is 3. The van der Waals surface area contributed by atoms with Crippen LogP contribution in [0.4, 0.5) is 17.2 Å². The minimum atomic E-state index is -0.624. The van der Waals surface area contributed by atoms with Crippen LogP contribution < -0.4 is 11.1 Å². The van der Waals surface area contributed by atoms with Crippen molar-refractivity contribution in [2.24, 2.45) is 0 Å². The number of nitro groups is 1. The lowest BCUT2D eigenvalue weighted by atomic mass is 10.1. The third kappa shape index (κ3) is 4.12. The molecule has 0 unspecified atom stereocenters. The predicted octanol–water partition coefficient (Wildman–Crippen LogP) is 3.77. The highest BCUT2D eigenvalue weighted by molar-refractivity contribution is 6.04. The van der Waals surface area contributed by atoms with Crippen molar-refractivity contribution in [3.63, 3.8) is 0 Å². The third-order valence-electron chi connectivity index (χ3n) is 4.11. The summed E-state index contributed by atoms with van der Waals surface area (Å²) in [6.45, 7) is 2.13. The molecule has 1 aromatic heterocycles. The standard InChI is InChI=1S/C19H19N5O3/c1-2-3-12-4-6-13(7-5-12)16-11-18(23-22-16)21-19(25)14-8-9-15(20)17(10-14)24(26)27/h4-11H,2-3,20H2,1H3,(H2,21,22,23,25). The van der Waals surface area contributed by atoms with Crippen LogP contribution in [0.3, 0.4) is 0 Å². The fourth-order valence-corrected chi connectivity index (χ4v) is 2.70. The molecule has 0 aliphatic rings. The summed E-state index contributed by atoms with van der Waals surface area (Å²) in [6, 6.07) is 13.7. The summed E-state index contributed by atoms with van der Waals surface area (Å²) in [7, 11) is 0. The van der Waals surface area contributed by atoms with Crippen LogP contribution >= 0.6 is 0 Å². The average molecular weight is 365 g/mol. The van der Waals surface area contributed by atoms with E-state index in [0.29, 0.717) is 5.82 Å². The van der Waals surface area contributed by atoms with E-state index in [4.69, 9.17) is 5.73 Å². The van der Waals surface area contributed by atoms with Crippen molar-refractivity contribution < 1.29 is 9.72 Å². The van der Waals surface area contributed by atoms with Crippen LogP contribution in [0.25, 0.3) is 11.3 Å². The zero-order chi connectivity index (χ0) is 19.4. The van der Waals surface area contributed by atoms with Crippen molar-refractivity contribution in [1.82, 2.24) is 10.2 Å². The molecule has 138 valence electrons. The minimum Gasteiger partial charge on any atom is -0.393 e. The van der Waals surface area contributed by atoms with Crippen LogP contribution in [0, 0.1) is 10.1 Å². The summed E-state index contributed by atoms with van der Waals surface area (Å²) in [5.74, 6) is -0.179. The van der Waals surface area contributed by atoms with Crippen molar-refractivity contribution >= 4 is 23.1 Å². The largest absolute Gasteiger partial charge is 0.393 e. The molecule has 0 bridgehead atoms. The molecule has 0 saturated carbocycles. The Morgan fingerprint density at radius 1 is 1.22 bits per heavy atom. The zero-order valence-electron chi connectivity index (χ0n) is 14.7. The summed E-state index contributed by atoms with van der Waals surface area (Å²) < 4.78 is 0. The molecule has 0 saturated heterocycles. The Kier molecular flexibility index (Phi) is 5.16. The first kappa shape index (κ1) is 18.1. The molecule has 2 aromatic carbocycles. The number of benzene rings is 2. The molecule has 0 atom stereocenters. The molecule has 8 nitrogen and oxygen atoms in total. The van der Waals surface area contributed by atoms with Crippen LogP contribution in [0.1, 0.15) is 29.3 Å². The number of nitrogens with two attached hydrogens (primary N) is 1. The Morgan fingerprint density at radius 3 is 2.63 bits per heavy atom. The van der Waals surface area contributed by atoms with Gasteiger partial charge in [-0.1, -0.05) is 37.6 Å². The van der Waals surface area contributed by atoms with E-state index in [2.05, 4.69) is 34.6 Å². The van der Waals surface area contributed by atoms with Crippen LogP contribution in [0.2, 0.25) is 0 Å². The van der Waals surface area contributed by atoms with Gasteiger partial charge in [-0.05, 0) is 29.7 Å². The highest BCUT2D eigenvalue weighted by Gasteiger charge is 2.16. The number of carbonyl (C=O) groups excluding carboxylic acids is 1. The molecule has 1 amide bonds. The van der Waals surface area contributed by atoms with E-state index < -0.39 is 10.8 Å². The quantitative estimate of drug-likeness (QED) is 0.348. The van der Waals surface area contributed by atoms with Gasteiger partial charge in [0, 0.05) is 17.7 Å². The van der Waals surface area contributed by atoms with Crippen LogP contribution in [0.5, 0.6) is 0 Å². The van der Waals surface area contributed by atoms with Gasteiger partial charge in [0.15, 0.2) is 5.82 Å². The number of aromatic amines is 1. The lowest BCUT2D eigenvalue weighted by Gasteiger charge is -2.03. The zero-order valence-corrected chi connectivity index (χ0v) is 14.7. The summed E-state index contributed by atoms with van der Waals surface area (Å²) in [5.41, 5.74) is 8.35. The third-order valence-corrected chi connectivity index (χ3v) is 4.11.